The van der Waals surface area contributed by atoms with E-state index >= 15 is 0 Å². The number of hydrogen-bond acceptors (Lipinski definition) is 5. The van der Waals surface area contributed by atoms with Gasteiger partial charge in [0.05, 0.1) is 17.7 Å². The molecule has 2 aromatic carbocycles. The minimum Gasteiger partial charge on any atom is -0.495 e. The molecule has 154 valence electrons. The van der Waals surface area contributed by atoms with Gasteiger partial charge in [0, 0.05) is 11.6 Å². The average molecular weight is 426 g/mol. The summed E-state index contributed by atoms with van der Waals surface area (Å²) in [5, 5.41) is 3.40. The maximum Gasteiger partial charge on any atom is 0.452 e. The first kappa shape index (κ1) is 20.7. The molecular weight excluding hydrogens is 409 g/mol. The van der Waals surface area contributed by atoms with E-state index in [1.165, 1.54) is 25.3 Å². The van der Waals surface area contributed by atoms with Crippen molar-refractivity contribution in [2.45, 2.75) is 24.9 Å². The van der Waals surface area contributed by atoms with Crippen LogP contribution >= 0.6 is 0 Å². The van der Waals surface area contributed by atoms with E-state index in [9.17, 15) is 21.6 Å². The molecule has 0 saturated heterocycles. The van der Waals surface area contributed by atoms with E-state index in [-0.39, 0.29) is 21.8 Å². The summed E-state index contributed by atoms with van der Waals surface area (Å²) in [6.07, 6.45) is -4.69. The maximum atomic E-state index is 13.0. The third-order valence-corrected chi connectivity index (χ3v) is 5.67. The lowest BCUT2D eigenvalue weighted by Crippen LogP contribution is -2.15. The molecule has 0 amide bonds. The molecule has 0 radical (unpaired) electrons. The maximum absolute atomic E-state index is 13.0. The van der Waals surface area contributed by atoms with Gasteiger partial charge in [0.1, 0.15) is 11.4 Å². The number of nitrogens with zero attached hydrogens (tertiary/aromatic N) is 1. The second-order valence-electron chi connectivity index (χ2n) is 6.36. The van der Waals surface area contributed by atoms with Crippen LogP contribution in [0.25, 0.3) is 11.3 Å². The SMILES string of the molecule is COc1ccc(C)cc1NS(=O)(=O)c1cc(-c2cc(C(F)(F)F)on2)ccc1C. The van der Waals surface area contributed by atoms with Crippen LogP contribution in [0.4, 0.5) is 18.9 Å². The Bertz CT molecular complexity index is 1150. The summed E-state index contributed by atoms with van der Waals surface area (Å²) in [5.41, 5.74) is 1.52. The molecule has 1 N–H and O–H groups in total. The van der Waals surface area contributed by atoms with Crippen molar-refractivity contribution in [3.05, 3.63) is 59.4 Å². The lowest BCUT2D eigenvalue weighted by Gasteiger charge is -2.14. The van der Waals surface area contributed by atoms with Gasteiger partial charge in [-0.25, -0.2) is 8.42 Å². The van der Waals surface area contributed by atoms with E-state index in [1.54, 1.807) is 32.0 Å². The summed E-state index contributed by atoms with van der Waals surface area (Å²) < 4.78 is 76.1. The number of ether oxygens (including phenoxy) is 1. The van der Waals surface area contributed by atoms with Gasteiger partial charge in [-0.15, -0.1) is 0 Å². The molecule has 6 nitrogen and oxygen atoms in total. The summed E-state index contributed by atoms with van der Waals surface area (Å²) in [4.78, 5) is -0.102. The first-order chi connectivity index (χ1) is 13.5. The van der Waals surface area contributed by atoms with Gasteiger partial charge in [0.2, 0.25) is 5.76 Å². The Hall–Kier alpha value is -3.01. The fourth-order valence-corrected chi connectivity index (χ4v) is 4.03. The molecule has 0 aliphatic heterocycles. The van der Waals surface area contributed by atoms with Crippen molar-refractivity contribution in [3.8, 4) is 17.0 Å². The zero-order valence-electron chi connectivity index (χ0n) is 15.7. The largest absolute Gasteiger partial charge is 0.495 e. The minimum absolute atomic E-state index is 0.102. The third kappa shape index (κ3) is 4.37. The first-order valence-electron chi connectivity index (χ1n) is 8.33. The van der Waals surface area contributed by atoms with E-state index in [0.717, 1.165) is 11.6 Å². The molecule has 29 heavy (non-hydrogen) atoms. The number of alkyl halides is 3. The summed E-state index contributed by atoms with van der Waals surface area (Å²) in [5.74, 6) is -0.931. The molecular formula is C19H17F3N2O4S. The van der Waals surface area contributed by atoms with Gasteiger partial charge in [-0.05, 0) is 43.2 Å². The van der Waals surface area contributed by atoms with Crippen molar-refractivity contribution in [1.29, 1.82) is 0 Å². The Morgan fingerprint density at radius 3 is 2.41 bits per heavy atom. The molecule has 0 unspecified atom stereocenters. The molecule has 0 atom stereocenters. The normalized spacial score (nSPS) is 12.1. The van der Waals surface area contributed by atoms with Crippen LogP contribution in [0.15, 0.2) is 51.9 Å². The highest BCUT2D eigenvalue weighted by Gasteiger charge is 2.36. The predicted octanol–water partition coefficient (Wildman–Crippen LogP) is 4.79. The van der Waals surface area contributed by atoms with Crippen molar-refractivity contribution in [3.63, 3.8) is 0 Å². The highest BCUT2D eigenvalue weighted by molar-refractivity contribution is 7.92. The molecule has 0 bridgehead atoms. The topological polar surface area (TPSA) is 81.4 Å². The number of hydrogen-bond donors (Lipinski definition) is 1. The molecule has 0 fully saturated rings. The van der Waals surface area contributed by atoms with Gasteiger partial charge in [-0.3, -0.25) is 4.72 Å². The molecule has 10 heteroatoms. The number of aromatic nitrogens is 1. The second kappa shape index (κ2) is 7.43. The minimum atomic E-state index is -4.69. The highest BCUT2D eigenvalue weighted by Crippen LogP contribution is 2.34. The standard InChI is InChI=1S/C19H17F3N2O4S/c1-11-4-7-16(27-3)15(8-11)24-29(25,26)17-9-13(6-5-12(17)2)14-10-18(28-23-14)19(20,21)22/h4-10,24H,1-3H3. The number of sulfonamides is 1. The fourth-order valence-electron chi connectivity index (χ4n) is 2.70. The number of halogens is 3. The number of benzene rings is 2. The van der Waals surface area contributed by atoms with Gasteiger partial charge in [-0.1, -0.05) is 23.4 Å². The van der Waals surface area contributed by atoms with Crippen molar-refractivity contribution in [2.24, 2.45) is 0 Å². The lowest BCUT2D eigenvalue weighted by atomic mass is 10.1. The number of nitrogens with one attached hydrogen (secondary N) is 1. The van der Waals surface area contributed by atoms with Crippen LogP contribution in [0.5, 0.6) is 5.75 Å². The second-order valence-corrected chi connectivity index (χ2v) is 8.01. The highest BCUT2D eigenvalue weighted by atomic mass is 32.2. The van der Waals surface area contributed by atoms with Gasteiger partial charge in [0.25, 0.3) is 10.0 Å². The van der Waals surface area contributed by atoms with E-state index < -0.39 is 22.0 Å². The van der Waals surface area contributed by atoms with E-state index in [0.29, 0.717) is 11.3 Å². The number of anilines is 1. The monoisotopic (exact) mass is 426 g/mol. The molecule has 3 rings (SSSR count). The Morgan fingerprint density at radius 2 is 1.79 bits per heavy atom. The third-order valence-electron chi connectivity index (χ3n) is 4.16. The van der Waals surface area contributed by atoms with E-state index in [2.05, 4.69) is 14.4 Å². The van der Waals surface area contributed by atoms with Crippen molar-refractivity contribution in [1.82, 2.24) is 5.16 Å². The molecule has 1 heterocycles. The lowest BCUT2D eigenvalue weighted by molar-refractivity contribution is -0.155. The van der Waals surface area contributed by atoms with Gasteiger partial charge in [-0.2, -0.15) is 13.2 Å². The first-order valence-corrected chi connectivity index (χ1v) is 9.82. The molecule has 0 aliphatic carbocycles. The van der Waals surface area contributed by atoms with E-state index in [1.807, 2.05) is 0 Å². The predicted molar refractivity (Wildman–Crippen MR) is 100 cm³/mol. The van der Waals surface area contributed by atoms with Crippen LogP contribution in [0.2, 0.25) is 0 Å². The fraction of sp³-hybridized carbons (Fsp3) is 0.211. The molecule has 3 aromatic rings. The Morgan fingerprint density at radius 1 is 1.07 bits per heavy atom. The molecule has 0 saturated carbocycles. The zero-order valence-corrected chi connectivity index (χ0v) is 16.5. The van der Waals surface area contributed by atoms with Crippen LogP contribution in [-0.4, -0.2) is 20.7 Å². The average Bonchev–Trinajstić information content (AvgIpc) is 3.12. The molecule has 0 aliphatic rings. The summed E-state index contributed by atoms with van der Waals surface area (Å²) >= 11 is 0. The van der Waals surface area contributed by atoms with Crippen molar-refractivity contribution >= 4 is 15.7 Å². The van der Waals surface area contributed by atoms with Crippen LogP contribution < -0.4 is 9.46 Å². The van der Waals surface area contributed by atoms with Crippen LogP contribution in [0.1, 0.15) is 16.9 Å². The Labute approximate surface area is 165 Å². The van der Waals surface area contributed by atoms with Crippen LogP contribution in [-0.2, 0) is 16.2 Å². The Balaban J connectivity index is 2.01. The quantitative estimate of drug-likeness (QED) is 0.635. The van der Waals surface area contributed by atoms with Gasteiger partial charge < -0.3 is 9.26 Å². The number of aryl methyl sites for hydroxylation is 2. The van der Waals surface area contributed by atoms with Crippen molar-refractivity contribution in [2.75, 3.05) is 11.8 Å². The van der Waals surface area contributed by atoms with E-state index in [4.69, 9.17) is 4.74 Å². The summed E-state index contributed by atoms with van der Waals surface area (Å²) in [6.45, 7) is 3.38. The van der Waals surface area contributed by atoms with Crippen LogP contribution in [0.3, 0.4) is 0 Å². The van der Waals surface area contributed by atoms with Gasteiger partial charge >= 0.3 is 6.18 Å². The smallest absolute Gasteiger partial charge is 0.452 e. The number of rotatable bonds is 5. The molecule has 1 aromatic heterocycles. The van der Waals surface area contributed by atoms with Gasteiger partial charge in [0.15, 0.2) is 0 Å². The Kier molecular flexibility index (Phi) is 5.31. The van der Waals surface area contributed by atoms with Crippen molar-refractivity contribution < 1.29 is 30.8 Å². The van der Waals surface area contributed by atoms with Crippen LogP contribution in [0, 0.1) is 13.8 Å². The molecule has 0 spiro atoms. The summed E-state index contributed by atoms with van der Waals surface area (Å²) in [6, 6.07) is 9.94. The zero-order chi connectivity index (χ0) is 21.4. The number of methoxy groups -OCH3 is 1. The summed E-state index contributed by atoms with van der Waals surface area (Å²) in [7, 11) is -2.64.